The van der Waals surface area contributed by atoms with Gasteiger partial charge in [-0.25, -0.2) is 0 Å². The molecule has 2 bridgehead atoms. The fourth-order valence-corrected chi connectivity index (χ4v) is 6.57. The second-order valence-electron chi connectivity index (χ2n) is 10.6. The Morgan fingerprint density at radius 3 is 2.53 bits per heavy atom. The average molecular weight is 479 g/mol. The van der Waals surface area contributed by atoms with E-state index in [1.807, 2.05) is 27.7 Å². The van der Waals surface area contributed by atoms with Crippen LogP contribution in [0.3, 0.4) is 0 Å². The van der Waals surface area contributed by atoms with E-state index in [0.717, 1.165) is 12.8 Å². The molecule has 3 heterocycles. The fourth-order valence-electron chi connectivity index (χ4n) is 6.57. The van der Waals surface area contributed by atoms with Crippen LogP contribution >= 0.6 is 0 Å². The molecule has 2 amide bonds. The van der Waals surface area contributed by atoms with Gasteiger partial charge in [0.1, 0.15) is 17.6 Å². The van der Waals surface area contributed by atoms with Crippen LogP contribution in [0, 0.1) is 17.8 Å². The van der Waals surface area contributed by atoms with E-state index in [2.05, 4.69) is 13.5 Å². The second-order valence-corrected chi connectivity index (χ2v) is 10.6. The van der Waals surface area contributed by atoms with Crippen LogP contribution in [0.5, 0.6) is 0 Å². The molecule has 7 atom stereocenters. The Morgan fingerprint density at radius 1 is 1.32 bits per heavy atom. The molecule has 0 aromatic rings. The van der Waals surface area contributed by atoms with E-state index in [4.69, 9.17) is 9.47 Å². The third-order valence-electron chi connectivity index (χ3n) is 8.15. The minimum Gasteiger partial charge on any atom is -0.466 e. The third kappa shape index (κ3) is 3.96. The van der Waals surface area contributed by atoms with Crippen molar-refractivity contribution in [1.29, 1.82) is 0 Å². The molecular weight excluding hydrogens is 436 g/mol. The lowest BCUT2D eigenvalue weighted by Gasteiger charge is -2.42. The topological polar surface area (TPSA) is 96.4 Å². The predicted octanol–water partition coefficient (Wildman–Crippen LogP) is 2.53. The molecule has 192 valence electrons. The molecule has 3 fully saturated rings. The molecule has 0 aromatic heterocycles. The van der Waals surface area contributed by atoms with Crippen molar-refractivity contribution < 1.29 is 29.0 Å². The van der Waals surface area contributed by atoms with E-state index >= 15 is 0 Å². The Hall–Kier alpha value is -1.93. The van der Waals surface area contributed by atoms with E-state index in [1.54, 1.807) is 22.8 Å². The number of nitrogens with zero attached hydrogens (tertiary/aromatic N) is 2. The predicted molar refractivity (Wildman–Crippen MR) is 128 cm³/mol. The zero-order valence-electron chi connectivity index (χ0n) is 21.6. The first-order chi connectivity index (χ1) is 16.0. The third-order valence-corrected chi connectivity index (χ3v) is 8.15. The van der Waals surface area contributed by atoms with Crippen molar-refractivity contribution >= 4 is 17.8 Å². The molecule has 1 N–H and O–H groups in total. The van der Waals surface area contributed by atoms with Gasteiger partial charge in [0.05, 0.1) is 30.8 Å². The van der Waals surface area contributed by atoms with Crippen molar-refractivity contribution in [2.45, 2.75) is 96.6 Å². The molecule has 3 saturated heterocycles. The minimum atomic E-state index is -1.12. The highest BCUT2D eigenvalue weighted by molar-refractivity contribution is 5.98. The zero-order valence-corrected chi connectivity index (χ0v) is 21.6. The van der Waals surface area contributed by atoms with Crippen LogP contribution in [0.25, 0.3) is 0 Å². The maximum atomic E-state index is 14.3. The number of carbonyl (C=O) groups is 3. The van der Waals surface area contributed by atoms with Crippen LogP contribution < -0.4 is 0 Å². The lowest BCUT2D eigenvalue weighted by Crippen LogP contribution is -2.60. The number of fused-ring (bicyclic) bond motifs is 1. The summed E-state index contributed by atoms with van der Waals surface area (Å²) in [5.74, 6) is -2.63. The standard InChI is InChI=1S/C26H42N2O6/c1-8-11-17(6)27(14-9-2)23(31)21-26-13-12-25(7,34-26)20(24(32)33-10-3)19(26)22(30)28(21)18(15-29)16(4)5/h9,16-21,29H,2,8,10-15H2,1,3-7H3/t17?,18-,19-,20+,21?,25-,26?/m0/s1. The van der Waals surface area contributed by atoms with Gasteiger partial charge in [0.25, 0.3) is 0 Å². The number of hydrogen-bond donors (Lipinski definition) is 1. The number of carbonyl (C=O) groups excluding carboxylic acids is 3. The Morgan fingerprint density at radius 2 is 2.00 bits per heavy atom. The van der Waals surface area contributed by atoms with Crippen molar-refractivity contribution in [2.24, 2.45) is 17.8 Å². The van der Waals surface area contributed by atoms with Gasteiger partial charge in [-0.3, -0.25) is 14.4 Å². The van der Waals surface area contributed by atoms with Gasteiger partial charge in [-0.1, -0.05) is 33.3 Å². The fraction of sp³-hybridized carbons (Fsp3) is 0.808. The van der Waals surface area contributed by atoms with Crippen LogP contribution in [-0.2, 0) is 23.9 Å². The maximum absolute atomic E-state index is 14.3. The summed E-state index contributed by atoms with van der Waals surface area (Å²) in [6.07, 6.45) is 4.49. The van der Waals surface area contributed by atoms with Crippen LogP contribution in [0.2, 0.25) is 0 Å². The highest BCUT2D eigenvalue weighted by Crippen LogP contribution is 2.64. The molecule has 34 heavy (non-hydrogen) atoms. The highest BCUT2D eigenvalue weighted by atomic mass is 16.6. The second kappa shape index (κ2) is 9.97. The van der Waals surface area contributed by atoms with Crippen molar-refractivity contribution in [3.8, 4) is 0 Å². The summed E-state index contributed by atoms with van der Waals surface area (Å²) >= 11 is 0. The van der Waals surface area contributed by atoms with Gasteiger partial charge in [0.15, 0.2) is 0 Å². The van der Waals surface area contributed by atoms with Crippen molar-refractivity contribution in [2.75, 3.05) is 19.8 Å². The monoisotopic (exact) mass is 478 g/mol. The smallest absolute Gasteiger partial charge is 0.312 e. The number of rotatable bonds is 11. The number of amides is 2. The number of likely N-dealkylation sites (tertiary alicyclic amines) is 1. The zero-order chi connectivity index (χ0) is 25.4. The molecule has 0 radical (unpaired) electrons. The van der Waals surface area contributed by atoms with Gasteiger partial charge in [-0.05, 0) is 46.0 Å². The molecule has 3 unspecified atom stereocenters. The number of aliphatic hydroxyl groups is 1. The summed E-state index contributed by atoms with van der Waals surface area (Å²) in [4.78, 5) is 44.7. The molecule has 3 rings (SSSR count). The van der Waals surface area contributed by atoms with Crippen LogP contribution in [0.15, 0.2) is 12.7 Å². The Labute approximate surface area is 203 Å². The Bertz CT molecular complexity index is 815. The number of aliphatic hydroxyl groups excluding tert-OH is 1. The van der Waals surface area contributed by atoms with Crippen LogP contribution in [0.4, 0.5) is 0 Å². The molecule has 1 spiro atoms. The van der Waals surface area contributed by atoms with Gasteiger partial charge in [-0.15, -0.1) is 6.58 Å². The van der Waals surface area contributed by atoms with Crippen LogP contribution in [-0.4, -0.2) is 81.8 Å². The van der Waals surface area contributed by atoms with E-state index < -0.39 is 41.1 Å². The first-order valence-corrected chi connectivity index (χ1v) is 12.8. The first kappa shape index (κ1) is 26.7. The van der Waals surface area contributed by atoms with Gasteiger partial charge >= 0.3 is 5.97 Å². The highest BCUT2D eigenvalue weighted by Gasteiger charge is 2.79. The minimum absolute atomic E-state index is 0.0513. The number of hydrogen-bond acceptors (Lipinski definition) is 6. The molecular formula is C26H42N2O6. The van der Waals surface area contributed by atoms with Crippen molar-refractivity contribution in [3.63, 3.8) is 0 Å². The lowest BCUT2D eigenvalue weighted by molar-refractivity contribution is -0.162. The van der Waals surface area contributed by atoms with Crippen molar-refractivity contribution in [3.05, 3.63) is 12.7 Å². The first-order valence-electron chi connectivity index (χ1n) is 12.8. The summed E-state index contributed by atoms with van der Waals surface area (Å²) in [6, 6.07) is -1.53. The largest absolute Gasteiger partial charge is 0.466 e. The average Bonchev–Trinajstić information content (AvgIpc) is 3.33. The molecule has 3 aliphatic rings. The molecule has 8 heteroatoms. The van der Waals surface area contributed by atoms with E-state index in [-0.39, 0.29) is 37.0 Å². The molecule has 0 aromatic carbocycles. The number of esters is 1. The SMILES string of the molecule is C=CCN(C(=O)C1N([C@@H](CO)C(C)C)C(=O)[C@@H]2[C@H](C(=O)OCC)[C@]3(C)CCC12O3)C(C)CCC. The quantitative estimate of drug-likeness (QED) is 0.362. The number of ether oxygens (including phenoxy) is 2. The van der Waals surface area contributed by atoms with Crippen LogP contribution in [0.1, 0.15) is 67.2 Å². The molecule has 3 aliphatic heterocycles. The van der Waals surface area contributed by atoms with E-state index in [9.17, 15) is 19.5 Å². The van der Waals surface area contributed by atoms with Gasteiger partial charge in [-0.2, -0.15) is 0 Å². The summed E-state index contributed by atoms with van der Waals surface area (Å²) in [5, 5.41) is 10.3. The maximum Gasteiger partial charge on any atom is 0.312 e. The molecule has 0 saturated carbocycles. The summed E-state index contributed by atoms with van der Waals surface area (Å²) < 4.78 is 12.0. The van der Waals surface area contributed by atoms with Crippen molar-refractivity contribution in [1.82, 2.24) is 9.80 Å². The van der Waals surface area contributed by atoms with Gasteiger partial charge in [0.2, 0.25) is 11.8 Å². The van der Waals surface area contributed by atoms with Gasteiger partial charge in [0, 0.05) is 12.6 Å². The lowest BCUT2D eigenvalue weighted by atomic mass is 9.66. The normalized spacial score (nSPS) is 33.7. The van der Waals surface area contributed by atoms with E-state index in [0.29, 0.717) is 19.4 Å². The Kier molecular flexibility index (Phi) is 7.82. The summed E-state index contributed by atoms with van der Waals surface area (Å²) in [7, 11) is 0. The summed E-state index contributed by atoms with van der Waals surface area (Å²) in [6.45, 7) is 15.6. The van der Waals surface area contributed by atoms with Gasteiger partial charge < -0.3 is 24.4 Å². The molecule has 8 nitrogen and oxygen atoms in total. The van der Waals surface area contributed by atoms with E-state index in [1.165, 1.54) is 0 Å². The molecule has 0 aliphatic carbocycles. The summed E-state index contributed by atoms with van der Waals surface area (Å²) in [5.41, 5.74) is -1.98. The Balaban J connectivity index is 2.15.